The lowest BCUT2D eigenvalue weighted by atomic mass is 9.86. The van der Waals surface area contributed by atoms with E-state index in [1.165, 1.54) is 57.8 Å². The van der Waals surface area contributed by atoms with E-state index >= 15 is 0 Å². The van der Waals surface area contributed by atoms with Crippen molar-refractivity contribution in [1.29, 1.82) is 0 Å². The minimum Gasteiger partial charge on any atom is -0.384 e. The van der Waals surface area contributed by atoms with Gasteiger partial charge in [0.1, 0.15) is 0 Å². The third kappa shape index (κ3) is 58.2. The van der Waals surface area contributed by atoms with E-state index in [0.29, 0.717) is 0 Å². The van der Waals surface area contributed by atoms with Crippen LogP contribution in [0.2, 0.25) is 0 Å². The zero-order valence-electron chi connectivity index (χ0n) is 33.7. The maximum absolute atomic E-state index is 5.10. The fourth-order valence-corrected chi connectivity index (χ4v) is 4.75. The number of hydrogen-bond donors (Lipinski definition) is 0. The normalized spacial score (nSPS) is 11.4. The van der Waals surface area contributed by atoms with Crippen molar-refractivity contribution in [3.05, 3.63) is 12.7 Å². The molecule has 0 aromatic rings. The molecule has 1 rings (SSSR count). The second-order valence-corrected chi connectivity index (χ2v) is 13.9. The minimum absolute atomic E-state index is 0.769. The minimum atomic E-state index is 0.769. The first-order chi connectivity index (χ1) is 22.7. The molecule has 1 nitrogen and oxygen atoms in total. The summed E-state index contributed by atoms with van der Waals surface area (Å²) in [5.41, 5.74) is 0. The summed E-state index contributed by atoms with van der Waals surface area (Å²) >= 11 is 0. The average Bonchev–Trinajstić information content (AvgIpc) is 3.86. The van der Waals surface area contributed by atoms with Gasteiger partial charge in [0.15, 0.2) is 0 Å². The quantitative estimate of drug-likeness (QED) is 0.126. The first kappa shape index (κ1) is 54.1. The van der Waals surface area contributed by atoms with Gasteiger partial charge in [0, 0.05) is 13.7 Å². The van der Waals surface area contributed by atoms with Gasteiger partial charge in [-0.05, 0) is 147 Å². The Morgan fingerprint density at radius 2 is 1.08 bits per heavy atom. The highest BCUT2D eigenvalue weighted by Gasteiger charge is 2.31. The lowest BCUT2D eigenvalue weighted by molar-refractivity contribution is 0.138. The number of ether oxygens (including phenoxy) is 1. The molecule has 1 aliphatic carbocycles. The van der Waals surface area contributed by atoms with E-state index in [1.54, 1.807) is 21.0 Å². The topological polar surface area (TPSA) is 9.23 Å². The summed E-state index contributed by atoms with van der Waals surface area (Å²) in [6.45, 7) is 31.1. The van der Waals surface area contributed by atoms with Crippen molar-refractivity contribution in [2.45, 2.75) is 141 Å². The van der Waals surface area contributed by atoms with Crippen LogP contribution in [0.5, 0.6) is 0 Å². The highest BCUT2D eigenvalue weighted by atomic mass is 16.5. The van der Waals surface area contributed by atoms with Gasteiger partial charge in [0.25, 0.3) is 0 Å². The largest absolute Gasteiger partial charge is 0.384 e. The molecule has 2 atom stereocenters. The van der Waals surface area contributed by atoms with Gasteiger partial charge < -0.3 is 4.74 Å². The Balaban J connectivity index is -0.000000159. The molecule has 268 valence electrons. The third-order valence-corrected chi connectivity index (χ3v) is 7.03. The average molecular weight is 655 g/mol. The summed E-state index contributed by atoms with van der Waals surface area (Å²) in [4.78, 5) is 0. The second-order valence-electron chi connectivity index (χ2n) is 13.9. The SMILES string of the molecule is C#CC#CC.C#CC#CC.C#CC#CC#C.C=CCC(C)CCC(C)C.CC(C)CC(CC(C)C)C1CC1.CCC(COC)CC(C)C. The standard InChI is InChI=1S/C12H24.C10H20.C9H20O.C6H2.2C5H4/c1-9(2)7-12(8-10(3)4)11-5-6-11;1-5-6-10(4)8-7-9(2)3;1-5-9(7-10-4)6-8(2)3;1-3-5-6-4-2;2*1-3-5-4-2/h9-12H,5-8H2,1-4H3;5,9-10H,1,6-8H2,2-4H3;8-9H,5-7H2,1-4H3;1-2H;2*1H,2H3. The molecule has 0 aliphatic heterocycles. The smallest absolute Gasteiger partial charge is 0.0490 e. The van der Waals surface area contributed by atoms with Crippen LogP contribution >= 0.6 is 0 Å². The fourth-order valence-electron chi connectivity index (χ4n) is 4.75. The van der Waals surface area contributed by atoms with Crippen LogP contribution in [0.4, 0.5) is 0 Å². The van der Waals surface area contributed by atoms with Crippen molar-refractivity contribution in [3.63, 3.8) is 0 Å². The molecule has 0 aromatic heterocycles. The molecule has 48 heavy (non-hydrogen) atoms. The summed E-state index contributed by atoms with van der Waals surface area (Å²) in [5.74, 6) is 30.0. The van der Waals surface area contributed by atoms with Gasteiger partial charge in [-0.3, -0.25) is 0 Å². The Hall–Kier alpha value is -3.38. The van der Waals surface area contributed by atoms with Crippen molar-refractivity contribution in [2.75, 3.05) is 13.7 Å². The molecule has 0 aromatic carbocycles. The van der Waals surface area contributed by atoms with E-state index in [-0.39, 0.29) is 0 Å². The molecule has 1 heteroatoms. The Morgan fingerprint density at radius 3 is 1.31 bits per heavy atom. The first-order valence-corrected chi connectivity index (χ1v) is 18.0. The highest BCUT2D eigenvalue weighted by molar-refractivity contribution is 5.31. The van der Waals surface area contributed by atoms with Crippen LogP contribution in [0.15, 0.2) is 12.7 Å². The summed E-state index contributed by atoms with van der Waals surface area (Å²) in [7, 11) is 1.78. The lowest BCUT2D eigenvalue weighted by Gasteiger charge is -2.20. The van der Waals surface area contributed by atoms with Gasteiger partial charge >= 0.3 is 0 Å². The number of hydrogen-bond acceptors (Lipinski definition) is 1. The zero-order chi connectivity index (χ0) is 38.2. The van der Waals surface area contributed by atoms with E-state index in [1.807, 2.05) is 6.08 Å². The lowest BCUT2D eigenvalue weighted by Crippen LogP contribution is -2.09. The molecule has 1 aliphatic rings. The van der Waals surface area contributed by atoms with E-state index in [4.69, 9.17) is 30.4 Å². The summed E-state index contributed by atoms with van der Waals surface area (Å²) in [6.07, 6.45) is 33.2. The van der Waals surface area contributed by atoms with Gasteiger partial charge in [-0.25, -0.2) is 0 Å². The molecule has 0 saturated heterocycles. The monoisotopic (exact) mass is 655 g/mol. The van der Waals surface area contributed by atoms with E-state index < -0.39 is 0 Å². The molecule has 0 amide bonds. The van der Waals surface area contributed by atoms with Gasteiger partial charge in [-0.1, -0.05) is 106 Å². The highest BCUT2D eigenvalue weighted by Crippen LogP contribution is 2.42. The molecule has 2 unspecified atom stereocenters. The van der Waals surface area contributed by atoms with E-state index in [2.05, 4.69) is 135 Å². The molecule has 0 radical (unpaired) electrons. The fraction of sp³-hybridized carbons (Fsp3) is 0.660. The van der Waals surface area contributed by atoms with Crippen LogP contribution in [0.1, 0.15) is 141 Å². The number of terminal acetylenes is 4. The van der Waals surface area contributed by atoms with Gasteiger partial charge in [-0.2, -0.15) is 0 Å². The van der Waals surface area contributed by atoms with Crippen LogP contribution in [0.25, 0.3) is 0 Å². The molecule has 0 N–H and O–H groups in total. The summed E-state index contributed by atoms with van der Waals surface area (Å²) in [6, 6.07) is 0. The van der Waals surface area contributed by atoms with Crippen molar-refractivity contribution < 1.29 is 4.74 Å². The Kier molecular flexibility index (Phi) is 49.1. The maximum atomic E-state index is 5.10. The van der Waals surface area contributed by atoms with Crippen molar-refractivity contribution in [3.8, 4) is 84.9 Å². The Labute approximate surface area is 303 Å². The van der Waals surface area contributed by atoms with Gasteiger partial charge in [0.2, 0.25) is 0 Å². The Morgan fingerprint density at radius 1 is 0.667 bits per heavy atom. The van der Waals surface area contributed by atoms with Crippen molar-refractivity contribution in [2.24, 2.45) is 47.3 Å². The van der Waals surface area contributed by atoms with Crippen LogP contribution in [0.3, 0.4) is 0 Å². The molecule has 0 bridgehead atoms. The zero-order valence-corrected chi connectivity index (χ0v) is 33.7. The molecule has 1 fully saturated rings. The number of allylic oxidation sites excluding steroid dienone is 1. The van der Waals surface area contributed by atoms with Crippen molar-refractivity contribution >= 4 is 0 Å². The molecule has 0 heterocycles. The number of rotatable bonds is 15. The van der Waals surface area contributed by atoms with E-state index in [0.717, 1.165) is 54.0 Å². The predicted molar refractivity (Wildman–Crippen MR) is 218 cm³/mol. The molecule has 0 spiro atoms. The molecular weight excluding hydrogens is 581 g/mol. The number of methoxy groups -OCH3 is 1. The van der Waals surface area contributed by atoms with E-state index in [9.17, 15) is 0 Å². The van der Waals surface area contributed by atoms with Crippen LogP contribution in [-0.4, -0.2) is 13.7 Å². The first-order valence-electron chi connectivity index (χ1n) is 18.0. The maximum Gasteiger partial charge on any atom is 0.0490 e. The molecular formula is C47H74O. The summed E-state index contributed by atoms with van der Waals surface area (Å²) in [5, 5.41) is 0. The molecule has 1 saturated carbocycles. The second kappa shape index (κ2) is 43.6. The summed E-state index contributed by atoms with van der Waals surface area (Å²) < 4.78 is 5.10. The predicted octanol–water partition coefficient (Wildman–Crippen LogP) is 12.0. The van der Waals surface area contributed by atoms with Crippen LogP contribution < -0.4 is 0 Å². The van der Waals surface area contributed by atoms with Gasteiger partial charge in [0.05, 0.1) is 0 Å². The van der Waals surface area contributed by atoms with Gasteiger partial charge in [-0.15, -0.1) is 32.3 Å². The van der Waals surface area contributed by atoms with Crippen LogP contribution in [0, 0.1) is 132 Å². The Bertz CT molecular complexity index is 1010. The van der Waals surface area contributed by atoms with Crippen LogP contribution in [-0.2, 0) is 4.74 Å². The third-order valence-electron chi connectivity index (χ3n) is 7.03. The van der Waals surface area contributed by atoms with Crippen molar-refractivity contribution in [1.82, 2.24) is 0 Å².